The van der Waals surface area contributed by atoms with Crippen LogP contribution in [-0.2, 0) is 16.8 Å². The van der Waals surface area contributed by atoms with Gasteiger partial charge in [0.15, 0.2) is 11.2 Å². The van der Waals surface area contributed by atoms with E-state index in [0.29, 0.717) is 17.9 Å². The van der Waals surface area contributed by atoms with Crippen LogP contribution in [0.25, 0.3) is 11.2 Å². The Hall–Kier alpha value is -2.48. The molecular weight excluding hydrogens is 410 g/mol. The summed E-state index contributed by atoms with van der Waals surface area (Å²) in [6.45, 7) is 0. The number of H-pyrrole nitrogens is 2. The molecule has 1 fully saturated rings. The van der Waals surface area contributed by atoms with Crippen LogP contribution in [0.4, 0.5) is 0 Å². The van der Waals surface area contributed by atoms with E-state index in [1.165, 1.54) is 6.33 Å². The van der Waals surface area contributed by atoms with Crippen LogP contribution in [0.2, 0.25) is 0 Å². The molecule has 7 nitrogen and oxygen atoms in total. The Balaban J connectivity index is 1.59. The lowest BCUT2D eigenvalue weighted by atomic mass is 9.96. The lowest BCUT2D eigenvalue weighted by Crippen LogP contribution is -2.47. The van der Waals surface area contributed by atoms with Gasteiger partial charge in [0.25, 0.3) is 5.56 Å². The molecule has 0 aliphatic heterocycles. The van der Waals surface area contributed by atoms with E-state index in [1.54, 1.807) is 0 Å². The van der Waals surface area contributed by atoms with E-state index in [9.17, 15) is 9.59 Å². The first-order valence-electron chi connectivity index (χ1n) is 9.01. The maximum absolute atomic E-state index is 12.9. The van der Waals surface area contributed by atoms with Crippen molar-refractivity contribution in [2.24, 2.45) is 0 Å². The van der Waals surface area contributed by atoms with Gasteiger partial charge in [-0.05, 0) is 24.8 Å². The monoisotopic (exact) mass is 429 g/mol. The highest BCUT2D eigenvalue weighted by molar-refractivity contribution is 9.10. The Morgan fingerprint density at radius 2 is 2.00 bits per heavy atom. The summed E-state index contributed by atoms with van der Waals surface area (Å²) in [6, 6.07) is 9.89. The molecule has 3 N–H and O–H groups in total. The van der Waals surface area contributed by atoms with Crippen molar-refractivity contribution in [3.8, 4) is 0 Å². The Morgan fingerprint density at radius 1 is 1.26 bits per heavy atom. The van der Waals surface area contributed by atoms with E-state index in [2.05, 4.69) is 41.2 Å². The third kappa shape index (κ3) is 3.53. The minimum absolute atomic E-state index is 0.0805. The van der Waals surface area contributed by atoms with Gasteiger partial charge >= 0.3 is 0 Å². The zero-order chi connectivity index (χ0) is 18.9. The van der Waals surface area contributed by atoms with Crippen molar-refractivity contribution >= 4 is 33.0 Å². The zero-order valence-corrected chi connectivity index (χ0v) is 16.3. The number of halogens is 1. The molecule has 0 unspecified atom stereocenters. The lowest BCUT2D eigenvalue weighted by Gasteiger charge is -2.29. The van der Waals surface area contributed by atoms with Crippen LogP contribution < -0.4 is 10.9 Å². The average molecular weight is 430 g/mol. The summed E-state index contributed by atoms with van der Waals surface area (Å²) in [5.41, 5.74) is 0.924. The van der Waals surface area contributed by atoms with Crippen LogP contribution >= 0.6 is 15.9 Å². The summed E-state index contributed by atoms with van der Waals surface area (Å²) in [7, 11) is 0. The molecule has 1 amide bonds. The number of carbonyl (C=O) groups is 1. The molecule has 27 heavy (non-hydrogen) atoms. The highest BCUT2D eigenvalue weighted by atomic mass is 79.9. The molecule has 1 aliphatic rings. The number of fused-ring (bicyclic) bond motifs is 1. The summed E-state index contributed by atoms with van der Waals surface area (Å²) in [6.07, 6.45) is 5.49. The first-order valence-corrected chi connectivity index (χ1v) is 9.93. The zero-order valence-electron chi connectivity index (χ0n) is 14.7. The highest BCUT2D eigenvalue weighted by Gasteiger charge is 2.41. The van der Waals surface area contributed by atoms with E-state index in [0.717, 1.165) is 31.2 Å². The Morgan fingerprint density at radius 3 is 2.70 bits per heavy atom. The first kappa shape index (κ1) is 17.9. The van der Waals surface area contributed by atoms with Crippen LogP contribution in [-0.4, -0.2) is 30.7 Å². The maximum Gasteiger partial charge on any atom is 0.278 e. The van der Waals surface area contributed by atoms with Gasteiger partial charge in [0.1, 0.15) is 5.82 Å². The summed E-state index contributed by atoms with van der Waals surface area (Å²) < 4.78 is 0. The molecule has 140 valence electrons. The number of imidazole rings is 1. The third-order valence-electron chi connectivity index (χ3n) is 5.10. The van der Waals surface area contributed by atoms with E-state index in [1.807, 2.05) is 30.3 Å². The number of aromatic amines is 2. The average Bonchev–Trinajstić information content (AvgIpc) is 3.31. The molecule has 3 aromatic rings. The Bertz CT molecular complexity index is 1010. The number of amides is 1. The summed E-state index contributed by atoms with van der Waals surface area (Å²) in [5, 5.41) is 3.19. The minimum atomic E-state index is -0.590. The molecule has 1 atom stereocenters. The second-order valence-electron chi connectivity index (χ2n) is 6.95. The number of hydrogen-bond acceptors (Lipinski definition) is 4. The molecule has 0 bridgehead atoms. The molecule has 2 aromatic heterocycles. The number of carbonyl (C=O) groups excluding carboxylic acids is 1. The second kappa shape index (κ2) is 7.26. The van der Waals surface area contributed by atoms with Crippen molar-refractivity contribution in [1.29, 1.82) is 0 Å². The van der Waals surface area contributed by atoms with Gasteiger partial charge in [-0.2, -0.15) is 0 Å². The van der Waals surface area contributed by atoms with Gasteiger partial charge in [-0.15, -0.1) is 0 Å². The van der Waals surface area contributed by atoms with Gasteiger partial charge in [0.2, 0.25) is 5.91 Å². The molecule has 2 heterocycles. The predicted molar refractivity (Wildman–Crippen MR) is 106 cm³/mol. The minimum Gasteiger partial charge on any atom is -0.342 e. The number of rotatable bonds is 5. The first-order chi connectivity index (χ1) is 13.1. The molecule has 0 radical (unpaired) electrons. The Kier molecular flexibility index (Phi) is 4.82. The highest BCUT2D eigenvalue weighted by Crippen LogP contribution is 2.38. The van der Waals surface area contributed by atoms with Crippen LogP contribution in [0.1, 0.15) is 37.1 Å². The van der Waals surface area contributed by atoms with E-state index in [4.69, 9.17) is 0 Å². The topological polar surface area (TPSA) is 104 Å². The summed E-state index contributed by atoms with van der Waals surface area (Å²) >= 11 is 3.52. The van der Waals surface area contributed by atoms with Gasteiger partial charge in [-0.1, -0.05) is 59.1 Å². The fourth-order valence-corrected chi connectivity index (χ4v) is 4.18. The van der Waals surface area contributed by atoms with Crippen molar-refractivity contribution in [2.45, 2.75) is 42.5 Å². The molecule has 1 aliphatic carbocycles. The van der Waals surface area contributed by atoms with Gasteiger partial charge < -0.3 is 15.3 Å². The number of benzene rings is 1. The van der Waals surface area contributed by atoms with Crippen molar-refractivity contribution in [2.75, 3.05) is 0 Å². The lowest BCUT2D eigenvalue weighted by molar-refractivity contribution is -0.122. The predicted octanol–water partition coefficient (Wildman–Crippen LogP) is 2.54. The molecule has 8 heteroatoms. The number of alkyl halides is 1. The SMILES string of the molecule is O=C(NC1(c2nc3c(=O)[nH]cnc3[nH]2)CCCC1)[C@H](Br)Cc1ccccc1. The van der Waals surface area contributed by atoms with Crippen molar-refractivity contribution < 1.29 is 4.79 Å². The van der Waals surface area contributed by atoms with Gasteiger partial charge in [0.05, 0.1) is 16.7 Å². The van der Waals surface area contributed by atoms with Crippen LogP contribution in [0.3, 0.4) is 0 Å². The largest absolute Gasteiger partial charge is 0.342 e. The van der Waals surface area contributed by atoms with E-state index in [-0.39, 0.29) is 21.8 Å². The molecule has 4 rings (SSSR count). The number of aromatic nitrogens is 4. The van der Waals surface area contributed by atoms with Crippen molar-refractivity contribution in [3.05, 3.63) is 58.4 Å². The molecule has 1 aromatic carbocycles. The molecular formula is C19H20BrN5O2. The standard InChI is InChI=1S/C19H20BrN5O2/c20-13(10-12-6-2-1-3-7-12)16(26)25-19(8-4-5-9-19)18-23-14-15(24-18)21-11-22-17(14)27/h1-3,6-7,11,13H,4-5,8-10H2,(H,25,26)(H2,21,22,23,24,27)/t13-/m1/s1. The van der Waals surface area contributed by atoms with E-state index >= 15 is 0 Å². The van der Waals surface area contributed by atoms with Gasteiger partial charge in [-0.3, -0.25) is 9.59 Å². The van der Waals surface area contributed by atoms with Crippen molar-refractivity contribution in [1.82, 2.24) is 25.3 Å². The summed E-state index contributed by atoms with van der Waals surface area (Å²) in [4.78, 5) is 38.8. The Labute approximate surface area is 164 Å². The van der Waals surface area contributed by atoms with Gasteiger partial charge in [-0.25, -0.2) is 9.97 Å². The number of hydrogen-bond donors (Lipinski definition) is 3. The molecule has 1 saturated carbocycles. The fourth-order valence-electron chi connectivity index (χ4n) is 3.69. The fraction of sp³-hybridized carbons (Fsp3) is 0.368. The van der Waals surface area contributed by atoms with Crippen LogP contribution in [0.15, 0.2) is 41.5 Å². The molecule has 0 saturated heterocycles. The van der Waals surface area contributed by atoms with Crippen LogP contribution in [0.5, 0.6) is 0 Å². The summed E-state index contributed by atoms with van der Waals surface area (Å²) in [5.74, 6) is 0.523. The number of nitrogens with zero attached hydrogens (tertiary/aromatic N) is 2. The van der Waals surface area contributed by atoms with Crippen molar-refractivity contribution in [3.63, 3.8) is 0 Å². The quantitative estimate of drug-likeness (QED) is 0.542. The normalized spacial score (nSPS) is 17.1. The van der Waals surface area contributed by atoms with Gasteiger partial charge in [0, 0.05) is 0 Å². The number of nitrogens with one attached hydrogen (secondary N) is 3. The maximum atomic E-state index is 12.9. The van der Waals surface area contributed by atoms with E-state index < -0.39 is 5.54 Å². The smallest absolute Gasteiger partial charge is 0.278 e. The second-order valence-corrected chi connectivity index (χ2v) is 8.06. The molecule has 0 spiro atoms. The third-order valence-corrected chi connectivity index (χ3v) is 5.84. The van der Waals surface area contributed by atoms with Crippen LogP contribution in [0, 0.1) is 0 Å².